The van der Waals surface area contributed by atoms with Gasteiger partial charge in [0, 0.05) is 36.6 Å². The summed E-state index contributed by atoms with van der Waals surface area (Å²) in [6, 6.07) is 8.32. The molecule has 1 unspecified atom stereocenters. The van der Waals surface area contributed by atoms with E-state index in [-0.39, 0.29) is 0 Å². The van der Waals surface area contributed by atoms with Crippen molar-refractivity contribution in [2.75, 3.05) is 18.0 Å². The smallest absolute Gasteiger partial charge is 0.171 e. The maximum atomic E-state index is 4.73. The number of hydrogen-bond acceptors (Lipinski definition) is 6. The summed E-state index contributed by atoms with van der Waals surface area (Å²) in [4.78, 5) is 16.5. The molecule has 1 saturated heterocycles. The molecule has 1 fully saturated rings. The maximum absolute atomic E-state index is 4.73. The first kappa shape index (κ1) is 16.4. The molecule has 0 spiro atoms. The molecule has 1 atom stereocenters. The van der Waals surface area contributed by atoms with Crippen LogP contribution in [0.3, 0.4) is 0 Å². The molecular formula is C20H20N6S. The number of anilines is 1. The van der Waals surface area contributed by atoms with Crippen LogP contribution in [0.2, 0.25) is 0 Å². The van der Waals surface area contributed by atoms with Gasteiger partial charge in [0.05, 0.1) is 16.6 Å². The largest absolute Gasteiger partial charge is 0.356 e. The second-order valence-electron chi connectivity index (χ2n) is 7.12. The maximum Gasteiger partial charge on any atom is 0.171 e. The van der Waals surface area contributed by atoms with Crippen molar-refractivity contribution in [1.29, 1.82) is 0 Å². The molecule has 136 valence electrons. The minimum absolute atomic E-state index is 0.736. The first-order valence-electron chi connectivity index (χ1n) is 9.24. The molecule has 0 aliphatic carbocycles. The average Bonchev–Trinajstić information content (AvgIpc) is 3.37. The Labute approximate surface area is 161 Å². The highest BCUT2D eigenvalue weighted by Crippen LogP contribution is 2.31. The molecule has 0 amide bonds. The zero-order chi connectivity index (χ0) is 18.2. The summed E-state index contributed by atoms with van der Waals surface area (Å²) >= 11 is 1.65. The van der Waals surface area contributed by atoms with E-state index in [1.165, 1.54) is 12.8 Å². The van der Waals surface area contributed by atoms with Gasteiger partial charge in [0.25, 0.3) is 0 Å². The zero-order valence-corrected chi connectivity index (χ0v) is 15.9. The number of rotatable bonds is 3. The van der Waals surface area contributed by atoms with E-state index in [9.17, 15) is 0 Å². The van der Waals surface area contributed by atoms with Gasteiger partial charge in [-0.3, -0.25) is 5.10 Å². The van der Waals surface area contributed by atoms with Crippen LogP contribution >= 0.6 is 11.3 Å². The Balaban J connectivity index is 1.43. The topological polar surface area (TPSA) is 70.6 Å². The summed E-state index contributed by atoms with van der Waals surface area (Å²) in [6.45, 7) is 4.50. The van der Waals surface area contributed by atoms with Gasteiger partial charge >= 0.3 is 0 Å². The molecule has 1 aliphatic heterocycles. The quantitative estimate of drug-likeness (QED) is 0.574. The summed E-state index contributed by atoms with van der Waals surface area (Å²) in [5.74, 6) is 1.80. The number of thiazole rings is 1. The van der Waals surface area contributed by atoms with Gasteiger partial charge in [-0.2, -0.15) is 5.10 Å². The van der Waals surface area contributed by atoms with E-state index in [1.54, 1.807) is 17.5 Å². The minimum atomic E-state index is 0.736. The molecule has 0 radical (unpaired) electrons. The van der Waals surface area contributed by atoms with Crippen LogP contribution in [0.15, 0.2) is 42.9 Å². The molecule has 6 nitrogen and oxygen atoms in total. The van der Waals surface area contributed by atoms with Crippen LogP contribution in [-0.4, -0.2) is 38.2 Å². The lowest BCUT2D eigenvalue weighted by atomic mass is 10.0. The van der Waals surface area contributed by atoms with Crippen molar-refractivity contribution in [1.82, 2.24) is 25.1 Å². The molecule has 5 heterocycles. The molecule has 0 bridgehead atoms. The normalized spacial score (nSPS) is 17.5. The fraction of sp³-hybridized carbons (Fsp3) is 0.300. The fourth-order valence-electron chi connectivity index (χ4n) is 3.59. The van der Waals surface area contributed by atoms with Crippen molar-refractivity contribution >= 4 is 27.5 Å². The van der Waals surface area contributed by atoms with Crippen LogP contribution in [-0.2, 0) is 0 Å². The third-order valence-corrected chi connectivity index (χ3v) is 6.08. The fourth-order valence-corrected chi connectivity index (χ4v) is 4.49. The first-order valence-corrected chi connectivity index (χ1v) is 10.1. The van der Waals surface area contributed by atoms with Gasteiger partial charge in [-0.05, 0) is 43.0 Å². The minimum Gasteiger partial charge on any atom is -0.356 e. The van der Waals surface area contributed by atoms with E-state index in [4.69, 9.17) is 9.97 Å². The molecule has 4 aromatic heterocycles. The van der Waals surface area contributed by atoms with Gasteiger partial charge in [-0.15, -0.1) is 11.3 Å². The van der Waals surface area contributed by atoms with Crippen LogP contribution in [0.4, 0.5) is 5.82 Å². The van der Waals surface area contributed by atoms with Crippen molar-refractivity contribution < 1.29 is 0 Å². The highest BCUT2D eigenvalue weighted by atomic mass is 32.1. The third kappa shape index (κ3) is 3.19. The Morgan fingerprint density at radius 1 is 1.11 bits per heavy atom. The molecule has 27 heavy (non-hydrogen) atoms. The molecule has 5 rings (SSSR count). The van der Waals surface area contributed by atoms with Crippen LogP contribution in [0.5, 0.6) is 0 Å². The number of pyridine rings is 2. The third-order valence-electron chi connectivity index (χ3n) is 5.02. The first-order chi connectivity index (χ1) is 13.3. The Morgan fingerprint density at radius 2 is 2.07 bits per heavy atom. The van der Waals surface area contributed by atoms with Crippen molar-refractivity contribution in [2.24, 2.45) is 5.92 Å². The lowest BCUT2D eigenvalue weighted by Crippen LogP contribution is -2.34. The van der Waals surface area contributed by atoms with E-state index >= 15 is 0 Å². The van der Waals surface area contributed by atoms with Crippen LogP contribution < -0.4 is 4.90 Å². The Hall–Kier alpha value is -2.80. The summed E-state index contributed by atoms with van der Waals surface area (Å²) in [6.07, 6.45) is 8.10. The summed E-state index contributed by atoms with van der Waals surface area (Å²) in [5, 5.41) is 7.76. The number of H-pyrrole nitrogens is 1. The van der Waals surface area contributed by atoms with Gasteiger partial charge < -0.3 is 4.90 Å². The van der Waals surface area contributed by atoms with Crippen LogP contribution in [0.25, 0.3) is 32.2 Å². The Morgan fingerprint density at radius 3 is 2.85 bits per heavy atom. The van der Waals surface area contributed by atoms with Crippen LogP contribution in [0, 0.1) is 5.92 Å². The number of nitrogens with one attached hydrogen (secondary N) is 1. The SMILES string of the molecule is CC1CCCN(c2ccc(-c3nc4nc(-c5cn[nH]c5)ccc4s3)cn2)C1. The second kappa shape index (κ2) is 6.74. The number of aromatic amines is 1. The number of fused-ring (bicyclic) bond motifs is 1. The van der Waals surface area contributed by atoms with E-state index in [0.29, 0.717) is 0 Å². The summed E-state index contributed by atoms with van der Waals surface area (Å²) in [5.41, 5.74) is 3.65. The van der Waals surface area contributed by atoms with E-state index in [2.05, 4.69) is 45.2 Å². The highest BCUT2D eigenvalue weighted by Gasteiger charge is 2.18. The summed E-state index contributed by atoms with van der Waals surface area (Å²) < 4.78 is 1.08. The van der Waals surface area contributed by atoms with Crippen molar-refractivity contribution in [3.05, 3.63) is 42.9 Å². The molecule has 4 aromatic rings. The molecule has 1 aliphatic rings. The van der Waals surface area contributed by atoms with E-state index in [1.807, 2.05) is 18.5 Å². The van der Waals surface area contributed by atoms with Gasteiger partial charge in [0.15, 0.2) is 5.65 Å². The number of hydrogen-bond donors (Lipinski definition) is 1. The number of nitrogens with zero attached hydrogens (tertiary/aromatic N) is 5. The van der Waals surface area contributed by atoms with Crippen molar-refractivity contribution in [2.45, 2.75) is 19.8 Å². The lowest BCUT2D eigenvalue weighted by Gasteiger charge is -2.31. The van der Waals surface area contributed by atoms with Crippen molar-refractivity contribution in [3.63, 3.8) is 0 Å². The van der Waals surface area contributed by atoms with Crippen LogP contribution in [0.1, 0.15) is 19.8 Å². The monoisotopic (exact) mass is 376 g/mol. The second-order valence-corrected chi connectivity index (χ2v) is 8.15. The van der Waals surface area contributed by atoms with Gasteiger partial charge in [0.1, 0.15) is 10.8 Å². The average molecular weight is 376 g/mol. The van der Waals surface area contributed by atoms with E-state index in [0.717, 1.165) is 57.0 Å². The van der Waals surface area contributed by atoms with Gasteiger partial charge in [-0.25, -0.2) is 15.0 Å². The van der Waals surface area contributed by atoms with Gasteiger partial charge in [0.2, 0.25) is 0 Å². The molecule has 0 aromatic carbocycles. The predicted molar refractivity (Wildman–Crippen MR) is 109 cm³/mol. The highest BCUT2D eigenvalue weighted by molar-refractivity contribution is 7.21. The number of aromatic nitrogens is 5. The van der Waals surface area contributed by atoms with Crippen molar-refractivity contribution in [3.8, 4) is 21.8 Å². The standard InChI is InChI=1S/C20H20N6S/c1-13-3-2-8-26(12-13)18-7-4-14(9-21-18)20-25-19-17(27-20)6-5-16(24-19)15-10-22-23-11-15/h4-7,9-11,13H,2-3,8,12H2,1H3,(H,22,23). The number of piperidine rings is 1. The molecule has 1 N–H and O–H groups in total. The Kier molecular flexibility index (Phi) is 4.09. The zero-order valence-electron chi connectivity index (χ0n) is 15.1. The molecule has 7 heteroatoms. The van der Waals surface area contributed by atoms with Gasteiger partial charge in [-0.1, -0.05) is 6.92 Å². The summed E-state index contributed by atoms with van der Waals surface area (Å²) in [7, 11) is 0. The lowest BCUT2D eigenvalue weighted by molar-refractivity contribution is 0.444. The molecule has 0 saturated carbocycles. The van der Waals surface area contributed by atoms with E-state index < -0.39 is 0 Å². The molecular weight excluding hydrogens is 356 g/mol. The Bertz CT molecular complexity index is 1050. The predicted octanol–water partition coefficient (Wildman–Crippen LogP) is 4.38.